The number of aromatic nitrogens is 4. The first kappa shape index (κ1) is 18.6. The Morgan fingerprint density at radius 1 is 1.17 bits per heavy atom. The number of nitrogens with zero attached hydrogens (tertiary/aromatic N) is 3. The fourth-order valence-corrected chi connectivity index (χ4v) is 3.09. The first-order valence-electron chi connectivity index (χ1n) is 8.77. The number of carbonyl (C=O) groups is 1. The molecule has 2 aromatic carbocycles. The molecule has 144 valence electrons. The lowest BCUT2D eigenvalue weighted by molar-refractivity contribution is 0.102. The summed E-state index contributed by atoms with van der Waals surface area (Å²) < 4.78 is 1.55. The third-order valence-corrected chi connectivity index (χ3v) is 4.65. The lowest BCUT2D eigenvalue weighted by atomic mass is 10.1. The molecule has 1 amide bonds. The van der Waals surface area contributed by atoms with Gasteiger partial charge < -0.3 is 10.3 Å². The number of halogens is 1. The summed E-state index contributed by atoms with van der Waals surface area (Å²) in [5.41, 5.74) is 2.12. The van der Waals surface area contributed by atoms with Crippen LogP contribution in [-0.2, 0) is 7.05 Å². The van der Waals surface area contributed by atoms with Crippen LogP contribution in [0.15, 0.2) is 59.5 Å². The summed E-state index contributed by atoms with van der Waals surface area (Å²) in [6.07, 6.45) is 4.98. The molecule has 0 atom stereocenters. The van der Waals surface area contributed by atoms with Gasteiger partial charge in [0.25, 0.3) is 11.5 Å². The number of nitrogens with one attached hydrogen (secondary N) is 2. The molecule has 0 bridgehead atoms. The van der Waals surface area contributed by atoms with Crippen LogP contribution in [0.3, 0.4) is 0 Å². The Morgan fingerprint density at radius 2 is 2.00 bits per heavy atom. The predicted molar refractivity (Wildman–Crippen MR) is 114 cm³/mol. The van der Waals surface area contributed by atoms with Gasteiger partial charge in [-0.3, -0.25) is 14.3 Å². The van der Waals surface area contributed by atoms with Gasteiger partial charge in [0.15, 0.2) is 5.65 Å². The smallest absolute Gasteiger partial charge is 0.262 e. The van der Waals surface area contributed by atoms with E-state index in [1.165, 1.54) is 6.20 Å². The third kappa shape index (κ3) is 3.95. The van der Waals surface area contributed by atoms with Crippen LogP contribution in [0.1, 0.15) is 21.7 Å². The molecule has 7 nitrogen and oxygen atoms in total. The summed E-state index contributed by atoms with van der Waals surface area (Å²) in [6, 6.07) is 14.2. The van der Waals surface area contributed by atoms with Crippen LogP contribution in [0.25, 0.3) is 23.2 Å². The number of fused-ring (bicyclic) bond motifs is 1. The van der Waals surface area contributed by atoms with Gasteiger partial charge in [0.2, 0.25) is 0 Å². The van der Waals surface area contributed by atoms with E-state index in [9.17, 15) is 9.59 Å². The molecule has 0 saturated carbocycles. The van der Waals surface area contributed by atoms with Gasteiger partial charge >= 0.3 is 0 Å². The van der Waals surface area contributed by atoms with Crippen molar-refractivity contribution in [1.29, 1.82) is 0 Å². The standard InChI is InChI=1S/C21H16ClN5O2/c1-27-19-16(12-23-27)21(29)26-18(25-19)10-9-13-5-4-6-14(11-13)24-20(28)15-7-2-3-8-17(15)22/h2-12H,1H3,(H,24,28)(H,25,26,29)/b10-9+. The lowest BCUT2D eigenvalue weighted by Gasteiger charge is -2.07. The number of aryl methyl sites for hydroxylation is 1. The van der Waals surface area contributed by atoms with Gasteiger partial charge in [0.1, 0.15) is 11.2 Å². The second kappa shape index (κ2) is 7.73. The van der Waals surface area contributed by atoms with Crippen LogP contribution in [-0.4, -0.2) is 25.7 Å². The minimum absolute atomic E-state index is 0.247. The summed E-state index contributed by atoms with van der Waals surface area (Å²) >= 11 is 6.08. The van der Waals surface area contributed by atoms with Gasteiger partial charge in [-0.25, -0.2) is 4.98 Å². The molecule has 0 fully saturated rings. The van der Waals surface area contributed by atoms with E-state index in [-0.39, 0.29) is 11.5 Å². The largest absolute Gasteiger partial charge is 0.322 e. The summed E-state index contributed by atoms with van der Waals surface area (Å²) in [5, 5.41) is 7.71. The fourth-order valence-electron chi connectivity index (χ4n) is 2.87. The Morgan fingerprint density at radius 3 is 2.83 bits per heavy atom. The van der Waals surface area contributed by atoms with Crippen molar-refractivity contribution in [3.63, 3.8) is 0 Å². The number of aromatic amines is 1. The molecular formula is C21H16ClN5O2. The van der Waals surface area contributed by atoms with E-state index in [4.69, 9.17) is 11.6 Å². The highest BCUT2D eigenvalue weighted by atomic mass is 35.5. The Balaban J connectivity index is 1.56. The molecule has 0 aliphatic carbocycles. The molecule has 2 N–H and O–H groups in total. The van der Waals surface area contributed by atoms with E-state index >= 15 is 0 Å². The maximum absolute atomic E-state index is 12.4. The molecule has 0 radical (unpaired) electrons. The Bertz CT molecular complexity index is 1310. The molecule has 0 unspecified atom stereocenters. The zero-order valence-corrected chi connectivity index (χ0v) is 16.1. The average molecular weight is 406 g/mol. The van der Waals surface area contributed by atoms with E-state index < -0.39 is 0 Å². The van der Waals surface area contributed by atoms with E-state index in [2.05, 4.69) is 20.4 Å². The molecule has 8 heteroatoms. The van der Waals surface area contributed by atoms with E-state index in [0.29, 0.717) is 33.1 Å². The lowest BCUT2D eigenvalue weighted by Crippen LogP contribution is -2.12. The van der Waals surface area contributed by atoms with Crippen molar-refractivity contribution in [3.05, 3.63) is 87.1 Å². The molecule has 2 heterocycles. The van der Waals surface area contributed by atoms with Crippen molar-refractivity contribution in [2.45, 2.75) is 0 Å². The van der Waals surface area contributed by atoms with Gasteiger partial charge in [-0.05, 0) is 35.9 Å². The number of carbonyl (C=O) groups excluding carboxylic acids is 1. The second-order valence-electron chi connectivity index (χ2n) is 6.35. The molecule has 29 heavy (non-hydrogen) atoms. The summed E-state index contributed by atoms with van der Waals surface area (Å²) in [5.74, 6) is 0.126. The molecule has 4 rings (SSSR count). The fraction of sp³-hybridized carbons (Fsp3) is 0.0476. The Kier molecular flexibility index (Phi) is 4.97. The van der Waals surface area contributed by atoms with Crippen molar-refractivity contribution in [2.75, 3.05) is 5.32 Å². The maximum Gasteiger partial charge on any atom is 0.262 e. The molecular weight excluding hydrogens is 390 g/mol. The SMILES string of the molecule is Cn1ncc2c(=O)[nH]c(/C=C/c3cccc(NC(=O)c4ccccc4Cl)c3)nc21. The number of anilines is 1. The highest BCUT2D eigenvalue weighted by Gasteiger charge is 2.10. The van der Waals surface area contributed by atoms with Gasteiger partial charge in [-0.1, -0.05) is 41.9 Å². The Labute approximate surface area is 170 Å². The van der Waals surface area contributed by atoms with Gasteiger partial charge in [0.05, 0.1) is 16.8 Å². The van der Waals surface area contributed by atoms with E-state index in [0.717, 1.165) is 5.56 Å². The van der Waals surface area contributed by atoms with Crippen molar-refractivity contribution in [1.82, 2.24) is 19.7 Å². The normalized spacial score (nSPS) is 11.2. The van der Waals surface area contributed by atoms with Gasteiger partial charge in [-0.15, -0.1) is 0 Å². The highest BCUT2D eigenvalue weighted by Crippen LogP contribution is 2.18. The average Bonchev–Trinajstić information content (AvgIpc) is 3.08. The third-order valence-electron chi connectivity index (χ3n) is 4.32. The van der Waals surface area contributed by atoms with E-state index in [1.54, 1.807) is 54.2 Å². The number of amides is 1. The molecule has 0 aliphatic rings. The maximum atomic E-state index is 12.4. The van der Waals surface area contributed by atoms with Crippen LogP contribution in [0.5, 0.6) is 0 Å². The number of benzene rings is 2. The highest BCUT2D eigenvalue weighted by molar-refractivity contribution is 6.34. The van der Waals surface area contributed by atoms with Crippen LogP contribution >= 0.6 is 11.6 Å². The zero-order chi connectivity index (χ0) is 20.4. The van der Waals surface area contributed by atoms with Crippen LogP contribution < -0.4 is 10.9 Å². The van der Waals surface area contributed by atoms with Crippen LogP contribution in [0.2, 0.25) is 5.02 Å². The van der Waals surface area contributed by atoms with Gasteiger partial charge in [-0.2, -0.15) is 5.10 Å². The summed E-state index contributed by atoms with van der Waals surface area (Å²) in [6.45, 7) is 0. The number of hydrogen-bond donors (Lipinski definition) is 2. The van der Waals surface area contributed by atoms with Gasteiger partial charge in [0, 0.05) is 12.7 Å². The monoisotopic (exact) mass is 405 g/mol. The number of hydrogen-bond acceptors (Lipinski definition) is 4. The van der Waals surface area contributed by atoms with E-state index in [1.807, 2.05) is 18.2 Å². The molecule has 0 saturated heterocycles. The summed E-state index contributed by atoms with van der Waals surface area (Å²) in [4.78, 5) is 31.7. The topological polar surface area (TPSA) is 92.7 Å². The van der Waals surface area contributed by atoms with Crippen molar-refractivity contribution >= 4 is 46.4 Å². The van der Waals surface area contributed by atoms with Crippen molar-refractivity contribution in [2.24, 2.45) is 7.05 Å². The minimum atomic E-state index is -0.288. The van der Waals surface area contributed by atoms with Crippen molar-refractivity contribution < 1.29 is 4.79 Å². The zero-order valence-electron chi connectivity index (χ0n) is 15.4. The first-order chi connectivity index (χ1) is 14.0. The quantitative estimate of drug-likeness (QED) is 0.541. The van der Waals surface area contributed by atoms with Crippen molar-refractivity contribution in [3.8, 4) is 0 Å². The number of H-pyrrole nitrogens is 1. The molecule has 2 aromatic heterocycles. The molecule has 4 aromatic rings. The minimum Gasteiger partial charge on any atom is -0.322 e. The van der Waals surface area contributed by atoms with Crippen LogP contribution in [0, 0.1) is 0 Å². The molecule has 0 spiro atoms. The second-order valence-corrected chi connectivity index (χ2v) is 6.76. The Hall–Kier alpha value is -3.71. The van der Waals surface area contributed by atoms with Crippen LogP contribution in [0.4, 0.5) is 5.69 Å². The number of rotatable bonds is 4. The molecule has 0 aliphatic heterocycles. The predicted octanol–water partition coefficient (Wildman–Crippen LogP) is 3.73. The first-order valence-corrected chi connectivity index (χ1v) is 9.15. The summed E-state index contributed by atoms with van der Waals surface area (Å²) in [7, 11) is 1.73.